The molecule has 0 unspecified atom stereocenters. The Morgan fingerprint density at radius 1 is 1.28 bits per heavy atom. The van der Waals surface area contributed by atoms with Crippen molar-refractivity contribution < 1.29 is 8.42 Å². The molecule has 0 saturated carbocycles. The van der Waals surface area contributed by atoms with Gasteiger partial charge in [0.05, 0.1) is 4.90 Å². The minimum Gasteiger partial charge on any atom is -0.399 e. The van der Waals surface area contributed by atoms with Crippen LogP contribution in [0.5, 0.6) is 0 Å². The molecule has 0 radical (unpaired) electrons. The lowest BCUT2D eigenvalue weighted by Crippen LogP contribution is -2.14. The zero-order valence-electron chi connectivity index (χ0n) is 10.1. The highest BCUT2D eigenvalue weighted by Crippen LogP contribution is 2.20. The van der Waals surface area contributed by atoms with Crippen LogP contribution in [0.25, 0.3) is 0 Å². The van der Waals surface area contributed by atoms with Gasteiger partial charge in [-0.3, -0.25) is 9.82 Å². The van der Waals surface area contributed by atoms with E-state index >= 15 is 0 Å². The average Bonchev–Trinajstić information content (AvgIpc) is 2.66. The Morgan fingerprint density at radius 3 is 2.61 bits per heavy atom. The van der Waals surface area contributed by atoms with Crippen LogP contribution in [0.2, 0.25) is 0 Å². The molecule has 0 spiro atoms. The van der Waals surface area contributed by atoms with Gasteiger partial charge in [0.15, 0.2) is 5.82 Å². The molecular weight excluding hydrogens is 252 g/mol. The maximum atomic E-state index is 12.2. The first kappa shape index (κ1) is 12.4. The lowest BCUT2D eigenvalue weighted by atomic mass is 10.2. The van der Waals surface area contributed by atoms with Gasteiger partial charge < -0.3 is 5.73 Å². The number of nitrogens with two attached hydrogens (primary N) is 1. The van der Waals surface area contributed by atoms with Gasteiger partial charge >= 0.3 is 0 Å². The summed E-state index contributed by atoms with van der Waals surface area (Å²) in [4.78, 5) is 0.156. The standard InChI is InChI=1S/C11H14N4O2S/c1-7-3-4-9(12)6-10(7)18(16,17)15-11-5-8(2)13-14-11/h3-6H,12H2,1-2H3,(H2,13,14,15). The van der Waals surface area contributed by atoms with Gasteiger partial charge in [-0.1, -0.05) is 6.07 Å². The molecule has 4 N–H and O–H groups in total. The fourth-order valence-electron chi connectivity index (χ4n) is 1.57. The van der Waals surface area contributed by atoms with Gasteiger partial charge in [-0.25, -0.2) is 8.42 Å². The number of aromatic nitrogens is 2. The number of hydrogen-bond donors (Lipinski definition) is 3. The normalized spacial score (nSPS) is 11.4. The molecule has 1 aromatic carbocycles. The molecule has 6 nitrogen and oxygen atoms in total. The highest BCUT2D eigenvalue weighted by Gasteiger charge is 2.18. The van der Waals surface area contributed by atoms with Crippen LogP contribution in [-0.2, 0) is 10.0 Å². The number of benzene rings is 1. The third-order valence-electron chi connectivity index (χ3n) is 2.45. The Balaban J connectivity index is 2.39. The van der Waals surface area contributed by atoms with Crippen LogP contribution in [-0.4, -0.2) is 18.6 Å². The monoisotopic (exact) mass is 266 g/mol. The molecule has 2 aromatic rings. The maximum Gasteiger partial charge on any atom is 0.263 e. The molecule has 0 amide bonds. The van der Waals surface area contributed by atoms with Gasteiger partial charge in [0, 0.05) is 17.4 Å². The van der Waals surface area contributed by atoms with Crippen molar-refractivity contribution in [2.45, 2.75) is 18.7 Å². The minimum absolute atomic E-state index is 0.156. The Morgan fingerprint density at radius 2 is 2.00 bits per heavy atom. The van der Waals surface area contributed by atoms with Crippen molar-refractivity contribution in [3.05, 3.63) is 35.5 Å². The Bertz CT molecular complexity index is 676. The molecule has 0 aliphatic rings. The molecular formula is C11H14N4O2S. The number of hydrogen-bond acceptors (Lipinski definition) is 4. The van der Waals surface area contributed by atoms with Crippen molar-refractivity contribution >= 4 is 21.5 Å². The first-order valence-corrected chi connectivity index (χ1v) is 6.78. The van der Waals surface area contributed by atoms with Gasteiger partial charge in [0.25, 0.3) is 10.0 Å². The number of aryl methyl sites for hydroxylation is 2. The summed E-state index contributed by atoms with van der Waals surface area (Å²) in [6, 6.07) is 6.36. The number of nitrogens with one attached hydrogen (secondary N) is 2. The van der Waals surface area contributed by atoms with Crippen molar-refractivity contribution in [2.24, 2.45) is 0 Å². The number of aromatic amines is 1. The highest BCUT2D eigenvalue weighted by molar-refractivity contribution is 7.92. The number of nitrogens with zero attached hydrogens (tertiary/aromatic N) is 1. The van der Waals surface area contributed by atoms with E-state index < -0.39 is 10.0 Å². The number of rotatable bonds is 3. The van der Waals surface area contributed by atoms with E-state index in [0.29, 0.717) is 11.3 Å². The van der Waals surface area contributed by atoms with E-state index in [0.717, 1.165) is 5.69 Å². The topological polar surface area (TPSA) is 101 Å². The summed E-state index contributed by atoms with van der Waals surface area (Å²) in [5.74, 6) is 0.259. The molecule has 0 bridgehead atoms. The smallest absolute Gasteiger partial charge is 0.263 e. The van der Waals surface area contributed by atoms with Gasteiger partial charge in [0.1, 0.15) is 0 Å². The van der Waals surface area contributed by atoms with Crippen LogP contribution in [0.3, 0.4) is 0 Å². The third-order valence-corrected chi connectivity index (χ3v) is 3.94. The Kier molecular flexibility index (Phi) is 3.00. The molecule has 18 heavy (non-hydrogen) atoms. The van der Waals surface area contributed by atoms with Crippen molar-refractivity contribution in [3.63, 3.8) is 0 Å². The summed E-state index contributed by atoms with van der Waals surface area (Å²) >= 11 is 0. The van der Waals surface area contributed by atoms with Crippen LogP contribution in [0.1, 0.15) is 11.3 Å². The molecule has 1 aromatic heterocycles. The maximum absolute atomic E-state index is 12.2. The predicted molar refractivity (Wildman–Crippen MR) is 69.7 cm³/mol. The molecule has 0 aliphatic heterocycles. The van der Waals surface area contributed by atoms with E-state index in [4.69, 9.17) is 5.73 Å². The van der Waals surface area contributed by atoms with E-state index in [2.05, 4.69) is 14.9 Å². The summed E-state index contributed by atoms with van der Waals surface area (Å²) in [7, 11) is -3.67. The first-order valence-electron chi connectivity index (χ1n) is 5.29. The van der Waals surface area contributed by atoms with E-state index in [-0.39, 0.29) is 10.7 Å². The van der Waals surface area contributed by atoms with E-state index in [1.165, 1.54) is 6.07 Å². The molecule has 96 valence electrons. The van der Waals surface area contributed by atoms with Crippen LogP contribution < -0.4 is 10.5 Å². The lowest BCUT2D eigenvalue weighted by molar-refractivity contribution is 0.600. The van der Waals surface area contributed by atoms with Crippen molar-refractivity contribution in [1.82, 2.24) is 10.2 Å². The fraction of sp³-hybridized carbons (Fsp3) is 0.182. The molecule has 0 saturated heterocycles. The molecule has 1 heterocycles. The summed E-state index contributed by atoms with van der Waals surface area (Å²) in [5.41, 5.74) is 7.41. The highest BCUT2D eigenvalue weighted by atomic mass is 32.2. The molecule has 0 fully saturated rings. The molecule has 7 heteroatoms. The Labute approximate surface area is 105 Å². The number of anilines is 2. The predicted octanol–water partition coefficient (Wildman–Crippen LogP) is 1.41. The van der Waals surface area contributed by atoms with Crippen LogP contribution in [0.4, 0.5) is 11.5 Å². The average molecular weight is 266 g/mol. The zero-order valence-corrected chi connectivity index (χ0v) is 10.9. The largest absolute Gasteiger partial charge is 0.399 e. The number of sulfonamides is 1. The van der Waals surface area contributed by atoms with Gasteiger partial charge in [-0.15, -0.1) is 0 Å². The molecule has 0 aliphatic carbocycles. The molecule has 0 atom stereocenters. The summed E-state index contributed by atoms with van der Waals surface area (Å²) in [6.07, 6.45) is 0. The van der Waals surface area contributed by atoms with Crippen molar-refractivity contribution in [1.29, 1.82) is 0 Å². The van der Waals surface area contributed by atoms with Gasteiger partial charge in [0.2, 0.25) is 0 Å². The van der Waals surface area contributed by atoms with Gasteiger partial charge in [-0.05, 0) is 31.5 Å². The van der Waals surface area contributed by atoms with Crippen LogP contribution in [0, 0.1) is 13.8 Å². The van der Waals surface area contributed by atoms with E-state index in [9.17, 15) is 8.42 Å². The number of H-pyrrole nitrogens is 1. The second kappa shape index (κ2) is 4.34. The van der Waals surface area contributed by atoms with Crippen molar-refractivity contribution in [3.8, 4) is 0 Å². The fourth-order valence-corrected chi connectivity index (χ4v) is 2.84. The molecule has 2 rings (SSSR count). The first-order chi connectivity index (χ1) is 8.38. The van der Waals surface area contributed by atoms with Crippen molar-refractivity contribution in [2.75, 3.05) is 10.5 Å². The second-order valence-electron chi connectivity index (χ2n) is 4.07. The van der Waals surface area contributed by atoms with E-state index in [1.54, 1.807) is 32.0 Å². The third kappa shape index (κ3) is 2.45. The summed E-state index contributed by atoms with van der Waals surface area (Å²) in [6.45, 7) is 3.50. The minimum atomic E-state index is -3.67. The van der Waals surface area contributed by atoms with Crippen LogP contribution in [0.15, 0.2) is 29.2 Å². The lowest BCUT2D eigenvalue weighted by Gasteiger charge is -2.08. The Hall–Kier alpha value is -2.02. The quantitative estimate of drug-likeness (QED) is 0.731. The SMILES string of the molecule is Cc1cc(NS(=O)(=O)c2cc(N)ccc2C)n[nH]1. The number of nitrogen functional groups attached to an aromatic ring is 1. The summed E-state index contributed by atoms with van der Waals surface area (Å²) < 4.78 is 26.7. The van der Waals surface area contributed by atoms with Crippen LogP contribution >= 0.6 is 0 Å². The zero-order chi connectivity index (χ0) is 13.3. The van der Waals surface area contributed by atoms with Gasteiger partial charge in [-0.2, -0.15) is 5.10 Å². The van der Waals surface area contributed by atoms with E-state index in [1.807, 2.05) is 0 Å². The second-order valence-corrected chi connectivity index (χ2v) is 5.72. The summed E-state index contributed by atoms with van der Waals surface area (Å²) in [5, 5.41) is 6.50.